The Morgan fingerprint density at radius 2 is 1.36 bits per heavy atom. The molecule has 2 aromatic carbocycles. The Kier molecular flexibility index (Phi) is 30.2. The van der Waals surface area contributed by atoms with Crippen LogP contribution in [0.5, 0.6) is 5.75 Å². The average Bonchev–Trinajstić information content (AvgIpc) is 1.46. The number of aryl methyl sites for hydroxylation is 2. The first kappa shape index (κ1) is 75.6. The smallest absolute Gasteiger partial charge is 0.317 e. The first-order valence-electron chi connectivity index (χ1n) is 33.3. The molecule has 0 aliphatic carbocycles. The van der Waals surface area contributed by atoms with Crippen LogP contribution in [0, 0.1) is 12.8 Å². The van der Waals surface area contributed by atoms with E-state index in [0.717, 1.165) is 61.2 Å². The number of aromatic nitrogens is 1. The number of carbonyl (C=O) groups is 10. The zero-order valence-corrected chi connectivity index (χ0v) is 56.0. The summed E-state index contributed by atoms with van der Waals surface area (Å²) in [7, 11) is 1.44. The van der Waals surface area contributed by atoms with Crippen molar-refractivity contribution in [3.05, 3.63) is 71.4 Å². The van der Waals surface area contributed by atoms with Crippen LogP contribution >= 0.6 is 11.8 Å². The monoisotopic (exact) mass is 1360 g/mol. The van der Waals surface area contributed by atoms with Gasteiger partial charge in [-0.2, -0.15) is 0 Å². The van der Waals surface area contributed by atoms with E-state index < -0.39 is 78.3 Å². The number of hydrogen-bond acceptors (Lipinski definition) is 18. The third kappa shape index (κ3) is 25.4. The highest BCUT2D eigenvalue weighted by molar-refractivity contribution is 8.01. The van der Waals surface area contributed by atoms with Crippen LogP contribution in [0.15, 0.2) is 59.7 Å². The maximum Gasteiger partial charge on any atom is 0.317 e. The number of ether oxygens (including phenoxy) is 1. The quantitative estimate of drug-likeness (QED) is 0.0283. The van der Waals surface area contributed by atoms with E-state index in [4.69, 9.17) is 4.74 Å². The number of carboxylic acid groups (broad SMARTS) is 3. The molecule has 3 aromatic rings. The number of aliphatic carboxylic acids is 3. The van der Waals surface area contributed by atoms with Crippen molar-refractivity contribution >= 4 is 88.1 Å². The number of rotatable bonds is 34. The first-order chi connectivity index (χ1) is 46.0. The van der Waals surface area contributed by atoms with Crippen molar-refractivity contribution in [2.45, 2.75) is 119 Å². The van der Waals surface area contributed by atoms with Gasteiger partial charge in [-0.1, -0.05) is 49.1 Å². The molecule has 526 valence electrons. The number of piperidine rings is 1. The summed E-state index contributed by atoms with van der Waals surface area (Å²) in [4.78, 5) is 148. The molecule has 96 heavy (non-hydrogen) atoms. The predicted molar refractivity (Wildman–Crippen MR) is 356 cm³/mol. The Balaban J connectivity index is 0.868. The number of thioether (sulfide) groups is 1. The summed E-state index contributed by atoms with van der Waals surface area (Å²) in [6, 6.07) is 14.1. The minimum atomic E-state index is -3.06. The molecule has 1 aromatic heterocycles. The van der Waals surface area contributed by atoms with E-state index in [1.165, 1.54) is 48.4 Å². The number of nitrogens with one attached hydrogen (secondary N) is 3. The first-order valence-corrected chi connectivity index (χ1v) is 34.3. The number of pyridine rings is 1. The molecule has 4 aliphatic rings. The lowest BCUT2D eigenvalue weighted by Gasteiger charge is -2.33. The zero-order valence-electron chi connectivity index (χ0n) is 55.1. The summed E-state index contributed by atoms with van der Waals surface area (Å²) >= 11 is 1.29. The second-order valence-electron chi connectivity index (χ2n) is 25.3. The van der Waals surface area contributed by atoms with Gasteiger partial charge < -0.3 is 45.8 Å². The Hall–Kier alpha value is -7.73. The molecular formula is C67H94F2N12O14S. The number of benzene rings is 2. The maximum absolute atomic E-state index is 14.2. The van der Waals surface area contributed by atoms with Crippen molar-refractivity contribution in [2.75, 3.05) is 138 Å². The third-order valence-corrected chi connectivity index (χ3v) is 19.3. The van der Waals surface area contributed by atoms with Crippen LogP contribution in [0.4, 0.5) is 8.78 Å². The van der Waals surface area contributed by atoms with Crippen molar-refractivity contribution in [3.63, 3.8) is 0 Å². The number of unbranched alkanes of at least 4 members (excludes halogenated alkanes) is 3. The normalized spacial score (nSPS) is 19.3. The second-order valence-corrected chi connectivity index (χ2v) is 26.9. The molecule has 0 bridgehead atoms. The number of likely N-dealkylation sites (tertiary alicyclic amines) is 3. The summed E-state index contributed by atoms with van der Waals surface area (Å²) in [5, 5.41) is 36.9. The lowest BCUT2D eigenvalue weighted by atomic mass is 9.91. The van der Waals surface area contributed by atoms with Gasteiger partial charge in [0.15, 0.2) is 0 Å². The van der Waals surface area contributed by atoms with Gasteiger partial charge in [-0.15, -0.1) is 11.8 Å². The number of nitrogens with zero attached hydrogens (tertiary/aromatic N) is 9. The molecule has 3 atom stereocenters. The Morgan fingerprint density at radius 1 is 0.729 bits per heavy atom. The number of amides is 7. The summed E-state index contributed by atoms with van der Waals surface area (Å²) in [5.74, 6) is -8.26. The highest BCUT2D eigenvalue weighted by atomic mass is 32.2. The van der Waals surface area contributed by atoms with E-state index >= 15 is 0 Å². The molecule has 29 heteroatoms. The average molecular weight is 1360 g/mol. The van der Waals surface area contributed by atoms with Crippen LogP contribution in [0.2, 0.25) is 0 Å². The topological polar surface area (TPSA) is 325 Å². The van der Waals surface area contributed by atoms with Gasteiger partial charge in [0, 0.05) is 128 Å². The second kappa shape index (κ2) is 38.3. The SMILES string of the molecule is C/N=C/[C@H]1CC(F)(F)CN1C(=O)CNC(=O)c1ccnc2ccc(OCCCCC3CCN(C(=O)CN4C(=O)CC(SC(CCCCCNC(=O)CCCc5ccc(C)cc5)CNC(=O)CN5CCN(CC(=O)O)CCN(CC(=O)O)CCN(CC(=O)O)CC5)C4=O)CC3)cc12. The summed E-state index contributed by atoms with van der Waals surface area (Å²) in [5.41, 5.74) is 3.12. The van der Waals surface area contributed by atoms with Crippen LogP contribution < -0.4 is 20.7 Å². The maximum atomic E-state index is 14.2. The number of hydrogen-bond donors (Lipinski definition) is 6. The Morgan fingerprint density at radius 3 is 1.99 bits per heavy atom. The van der Waals surface area contributed by atoms with E-state index in [1.807, 2.05) is 11.8 Å². The predicted octanol–water partition coefficient (Wildman–Crippen LogP) is 3.52. The third-order valence-electron chi connectivity index (χ3n) is 17.8. The van der Waals surface area contributed by atoms with Gasteiger partial charge in [0.25, 0.3) is 11.8 Å². The molecule has 5 heterocycles. The van der Waals surface area contributed by atoms with Gasteiger partial charge in [0.2, 0.25) is 35.4 Å². The van der Waals surface area contributed by atoms with Crippen molar-refractivity contribution < 1.29 is 76.8 Å². The fraction of sp³-hybridized carbons (Fsp3) is 0.612. The molecule has 7 amide bonds. The molecule has 2 unspecified atom stereocenters. The fourth-order valence-electron chi connectivity index (χ4n) is 12.5. The standard InChI is InChI=1S/C67H94F2N12O14S/c1-47-13-15-48(16-14-47)10-8-12-57(82)72-22-6-3-4-11-52(39-73-58(83)41-75-26-28-76(43-62(87)88)30-32-78(45-64(91)92)33-31-77(29-27-75)44-63(89)90)96-56-36-59(84)80(66(56)94)42-61(86)79-24-20-49(21-25-79)9-5-7-34-95-51-17-18-55-54(35-51)53(19-23-71-55)65(93)74-40-60(85)81-46-67(68,69)37-50(81)38-70-2/h13-19,23,35,38,49-50,52,56H,3-12,20-22,24-34,36-37,39-46H2,1-2H3,(H,72,82)(H,73,83)(H,74,93)(H,87,88)(H,89,90)(H,91,92)/b70-38+/t50-,52?,56?/m1/s1. The van der Waals surface area contributed by atoms with Crippen LogP contribution in [-0.2, 0) is 49.6 Å². The largest absolute Gasteiger partial charge is 0.494 e. The Bertz CT molecular complexity index is 3150. The van der Waals surface area contributed by atoms with E-state index in [9.17, 15) is 72.0 Å². The van der Waals surface area contributed by atoms with E-state index in [-0.39, 0.29) is 127 Å². The van der Waals surface area contributed by atoms with E-state index in [2.05, 4.69) is 50.2 Å². The minimum absolute atomic E-state index is 0.0247. The molecule has 26 nitrogen and oxygen atoms in total. The van der Waals surface area contributed by atoms with E-state index in [0.29, 0.717) is 74.5 Å². The van der Waals surface area contributed by atoms with Gasteiger partial charge in [-0.05, 0) is 94.0 Å². The number of fused-ring (bicyclic) bond motifs is 1. The number of carboxylic acids is 3. The van der Waals surface area contributed by atoms with Gasteiger partial charge in [0.05, 0.1) is 68.2 Å². The summed E-state index contributed by atoms with van der Waals surface area (Å²) in [6.45, 7) is 3.17. The van der Waals surface area contributed by atoms with Crippen LogP contribution in [0.3, 0.4) is 0 Å². The van der Waals surface area contributed by atoms with Crippen LogP contribution in [-0.4, -0.2) is 281 Å². The number of carbonyl (C=O) groups excluding carboxylic acids is 7. The molecule has 0 spiro atoms. The van der Waals surface area contributed by atoms with Crippen LogP contribution in [0.1, 0.15) is 105 Å². The molecule has 7 rings (SSSR count). The number of alkyl halides is 2. The summed E-state index contributed by atoms with van der Waals surface area (Å²) in [6.07, 6.45) is 10.7. The van der Waals surface area contributed by atoms with Gasteiger partial charge >= 0.3 is 17.9 Å². The minimum Gasteiger partial charge on any atom is -0.494 e. The number of aliphatic imine (C=N–C) groups is 1. The van der Waals surface area contributed by atoms with Gasteiger partial charge in [-0.3, -0.25) is 82.4 Å². The number of imide groups is 1. The van der Waals surface area contributed by atoms with Crippen molar-refractivity contribution in [3.8, 4) is 5.75 Å². The van der Waals surface area contributed by atoms with Gasteiger partial charge in [0.1, 0.15) is 12.3 Å². The summed E-state index contributed by atoms with van der Waals surface area (Å²) < 4.78 is 34.4. The lowest BCUT2D eigenvalue weighted by Crippen LogP contribution is -2.50. The van der Waals surface area contributed by atoms with Gasteiger partial charge in [-0.25, -0.2) is 8.78 Å². The molecule has 4 saturated heterocycles. The lowest BCUT2D eigenvalue weighted by molar-refractivity contribution is -0.146. The molecule has 4 fully saturated rings. The van der Waals surface area contributed by atoms with Crippen LogP contribution in [0.25, 0.3) is 10.9 Å². The zero-order chi connectivity index (χ0) is 69.2. The van der Waals surface area contributed by atoms with Crippen molar-refractivity contribution in [1.82, 2.24) is 55.2 Å². The highest BCUT2D eigenvalue weighted by Gasteiger charge is 2.46. The Labute approximate surface area is 563 Å². The van der Waals surface area contributed by atoms with Crippen molar-refractivity contribution in [2.24, 2.45) is 10.9 Å². The number of halogens is 2. The van der Waals surface area contributed by atoms with E-state index in [1.54, 1.807) is 37.8 Å². The molecule has 0 saturated carbocycles. The molecule has 4 aliphatic heterocycles. The molecular weight excluding hydrogens is 1270 g/mol. The molecule has 6 N–H and O–H groups in total. The van der Waals surface area contributed by atoms with Crippen molar-refractivity contribution in [1.29, 1.82) is 0 Å². The fourth-order valence-corrected chi connectivity index (χ4v) is 13.9. The molecule has 0 radical (unpaired) electrons. The highest BCUT2D eigenvalue weighted by Crippen LogP contribution is 2.33.